The van der Waals surface area contributed by atoms with Gasteiger partial charge in [0, 0.05) is 25.8 Å². The molecule has 0 saturated carbocycles. The summed E-state index contributed by atoms with van der Waals surface area (Å²) in [5, 5.41) is 3.92. The highest BCUT2D eigenvalue weighted by atomic mass is 79.9. The van der Waals surface area contributed by atoms with Crippen LogP contribution in [0.4, 0.5) is 10.1 Å². The predicted molar refractivity (Wildman–Crippen MR) is 84.9 cm³/mol. The lowest BCUT2D eigenvalue weighted by Gasteiger charge is -1.99. The zero-order valence-electron chi connectivity index (χ0n) is 10.5. The van der Waals surface area contributed by atoms with Crippen molar-refractivity contribution in [3.63, 3.8) is 0 Å². The highest BCUT2D eigenvalue weighted by molar-refractivity contribution is 9.10. The van der Waals surface area contributed by atoms with Gasteiger partial charge < -0.3 is 10.3 Å². The first-order valence-corrected chi connectivity index (χ1v) is 7.47. The average molecular weight is 413 g/mol. The van der Waals surface area contributed by atoms with E-state index in [2.05, 4.69) is 42.0 Å². The van der Waals surface area contributed by atoms with E-state index in [1.54, 1.807) is 18.2 Å². The average Bonchev–Trinajstić information content (AvgIpc) is 2.87. The van der Waals surface area contributed by atoms with Gasteiger partial charge in [-0.25, -0.2) is 4.39 Å². The minimum Gasteiger partial charge on any atom is -0.399 e. The molecular weight excluding hydrogens is 405 g/mol. The number of nitrogens with zero attached hydrogens (tertiary/aromatic N) is 2. The molecule has 0 aliphatic rings. The Hall–Kier alpha value is -1.73. The number of hydrogen-bond donors (Lipinski definition) is 1. The van der Waals surface area contributed by atoms with Gasteiger partial charge in [0.05, 0.1) is 0 Å². The normalized spacial score (nSPS) is 10.8. The van der Waals surface area contributed by atoms with E-state index in [0.717, 1.165) is 4.47 Å². The lowest BCUT2D eigenvalue weighted by atomic mass is 10.2. The van der Waals surface area contributed by atoms with Crippen molar-refractivity contribution in [2.75, 3.05) is 5.73 Å². The van der Waals surface area contributed by atoms with E-state index in [-0.39, 0.29) is 5.82 Å². The molecule has 0 atom stereocenters. The Morgan fingerprint density at radius 2 is 1.90 bits per heavy atom. The Morgan fingerprint density at radius 3 is 2.62 bits per heavy atom. The topological polar surface area (TPSA) is 64.9 Å². The first-order chi connectivity index (χ1) is 10.0. The van der Waals surface area contributed by atoms with Crippen molar-refractivity contribution >= 4 is 37.5 Å². The quantitative estimate of drug-likeness (QED) is 0.622. The second-order valence-electron chi connectivity index (χ2n) is 4.32. The van der Waals surface area contributed by atoms with Gasteiger partial charge in [-0.2, -0.15) is 4.98 Å². The van der Waals surface area contributed by atoms with Crippen molar-refractivity contribution < 1.29 is 8.91 Å². The van der Waals surface area contributed by atoms with Gasteiger partial charge in [0.15, 0.2) is 0 Å². The van der Waals surface area contributed by atoms with Crippen LogP contribution < -0.4 is 5.73 Å². The van der Waals surface area contributed by atoms with E-state index in [1.165, 1.54) is 12.1 Å². The van der Waals surface area contributed by atoms with Gasteiger partial charge in [0.1, 0.15) is 5.82 Å². The van der Waals surface area contributed by atoms with Gasteiger partial charge >= 0.3 is 0 Å². The van der Waals surface area contributed by atoms with E-state index >= 15 is 0 Å². The van der Waals surface area contributed by atoms with Crippen LogP contribution in [0.1, 0.15) is 0 Å². The minimum absolute atomic E-state index is 0.339. The molecule has 0 aliphatic heterocycles. The molecule has 0 bridgehead atoms. The highest BCUT2D eigenvalue weighted by Gasteiger charge is 2.14. The Morgan fingerprint density at radius 1 is 1.10 bits per heavy atom. The van der Waals surface area contributed by atoms with Gasteiger partial charge in [-0.1, -0.05) is 21.1 Å². The maximum absolute atomic E-state index is 13.1. The molecule has 3 aromatic rings. The summed E-state index contributed by atoms with van der Waals surface area (Å²) in [4.78, 5) is 4.32. The lowest BCUT2D eigenvalue weighted by molar-refractivity contribution is 0.432. The van der Waals surface area contributed by atoms with Gasteiger partial charge in [0.25, 0.3) is 5.89 Å². The van der Waals surface area contributed by atoms with Crippen LogP contribution in [-0.4, -0.2) is 10.1 Å². The van der Waals surface area contributed by atoms with E-state index in [4.69, 9.17) is 10.3 Å². The maximum Gasteiger partial charge on any atom is 0.258 e. The van der Waals surface area contributed by atoms with Crippen molar-refractivity contribution in [1.29, 1.82) is 0 Å². The molecule has 0 radical (unpaired) electrons. The molecule has 2 N–H and O–H groups in total. The number of benzene rings is 2. The van der Waals surface area contributed by atoms with Crippen molar-refractivity contribution in [1.82, 2.24) is 10.1 Å². The molecule has 1 heterocycles. The van der Waals surface area contributed by atoms with Gasteiger partial charge in [-0.05, 0) is 52.3 Å². The molecule has 4 nitrogen and oxygen atoms in total. The first kappa shape index (κ1) is 14.2. The Labute approximate surface area is 136 Å². The molecule has 0 unspecified atom stereocenters. The van der Waals surface area contributed by atoms with Gasteiger partial charge in [-0.3, -0.25) is 0 Å². The first-order valence-electron chi connectivity index (χ1n) is 5.88. The molecule has 1 aromatic heterocycles. The van der Waals surface area contributed by atoms with Crippen LogP contribution in [0.15, 0.2) is 49.9 Å². The number of hydrogen-bond acceptors (Lipinski definition) is 4. The van der Waals surface area contributed by atoms with Crippen LogP contribution in [0.25, 0.3) is 22.8 Å². The van der Waals surface area contributed by atoms with E-state index in [0.29, 0.717) is 33.0 Å². The van der Waals surface area contributed by atoms with E-state index in [9.17, 15) is 4.39 Å². The molecule has 3 rings (SSSR count). The van der Waals surface area contributed by atoms with Crippen LogP contribution in [-0.2, 0) is 0 Å². The number of anilines is 1. The Balaban J connectivity index is 2.03. The second-order valence-corrected chi connectivity index (χ2v) is 6.09. The maximum atomic E-state index is 13.1. The molecule has 21 heavy (non-hydrogen) atoms. The molecule has 7 heteroatoms. The van der Waals surface area contributed by atoms with Gasteiger partial charge in [-0.15, -0.1) is 0 Å². The number of nitrogens with two attached hydrogens (primary N) is 1. The molecule has 0 spiro atoms. The Kier molecular flexibility index (Phi) is 3.77. The van der Waals surface area contributed by atoms with Crippen LogP contribution >= 0.6 is 31.9 Å². The molecule has 0 amide bonds. The number of halogens is 3. The van der Waals surface area contributed by atoms with Crippen LogP contribution in [0.2, 0.25) is 0 Å². The van der Waals surface area contributed by atoms with Crippen molar-refractivity contribution in [3.8, 4) is 22.8 Å². The van der Waals surface area contributed by atoms with Crippen LogP contribution in [0.5, 0.6) is 0 Å². The fourth-order valence-corrected chi connectivity index (χ4v) is 2.90. The summed E-state index contributed by atoms with van der Waals surface area (Å²) in [5.41, 5.74) is 7.73. The van der Waals surface area contributed by atoms with Crippen molar-refractivity contribution in [2.24, 2.45) is 0 Å². The zero-order valence-corrected chi connectivity index (χ0v) is 13.7. The minimum atomic E-state index is -0.339. The number of rotatable bonds is 2. The summed E-state index contributed by atoms with van der Waals surface area (Å²) in [6.45, 7) is 0. The number of nitrogen functional groups attached to an aromatic ring is 1. The van der Waals surface area contributed by atoms with Gasteiger partial charge in [0.2, 0.25) is 5.82 Å². The number of aromatic nitrogens is 2. The monoisotopic (exact) mass is 411 g/mol. The van der Waals surface area contributed by atoms with E-state index < -0.39 is 0 Å². The largest absolute Gasteiger partial charge is 0.399 e. The summed E-state index contributed by atoms with van der Waals surface area (Å²) >= 11 is 6.65. The van der Waals surface area contributed by atoms with Crippen LogP contribution in [0, 0.1) is 5.82 Å². The highest BCUT2D eigenvalue weighted by Crippen LogP contribution is 2.30. The zero-order chi connectivity index (χ0) is 15.0. The molecule has 0 aliphatic carbocycles. The second kappa shape index (κ2) is 5.57. The third kappa shape index (κ3) is 2.98. The fraction of sp³-hybridized carbons (Fsp3) is 0. The molecule has 106 valence electrons. The molecular formula is C14H8Br2FN3O. The van der Waals surface area contributed by atoms with E-state index in [1.807, 2.05) is 6.07 Å². The third-order valence-corrected chi connectivity index (χ3v) is 3.88. The summed E-state index contributed by atoms with van der Waals surface area (Å²) < 4.78 is 19.7. The molecule has 0 fully saturated rings. The summed E-state index contributed by atoms with van der Waals surface area (Å²) in [6.07, 6.45) is 0. The van der Waals surface area contributed by atoms with Crippen molar-refractivity contribution in [2.45, 2.75) is 0 Å². The van der Waals surface area contributed by atoms with Crippen LogP contribution in [0.3, 0.4) is 0 Å². The smallest absolute Gasteiger partial charge is 0.258 e. The van der Waals surface area contributed by atoms with Crippen molar-refractivity contribution in [3.05, 3.63) is 51.2 Å². The lowest BCUT2D eigenvalue weighted by Crippen LogP contribution is -1.87. The predicted octanol–water partition coefficient (Wildman–Crippen LogP) is 4.65. The third-order valence-electron chi connectivity index (χ3n) is 2.77. The SMILES string of the molecule is Nc1cc(Br)cc(-c2nc(-c3ccc(F)cc3Br)no2)c1. The fourth-order valence-electron chi connectivity index (χ4n) is 1.86. The Bertz CT molecular complexity index is 799. The summed E-state index contributed by atoms with van der Waals surface area (Å²) in [6, 6.07) is 9.62. The molecule has 2 aromatic carbocycles. The summed E-state index contributed by atoms with van der Waals surface area (Å²) in [5.74, 6) is 0.374. The molecule has 0 saturated heterocycles. The standard InChI is InChI=1S/C14H8Br2FN3O/c15-8-3-7(4-10(18)5-8)14-19-13(20-21-14)11-2-1-9(17)6-12(11)16/h1-6H,18H2. The summed E-state index contributed by atoms with van der Waals surface area (Å²) in [7, 11) is 0.